The third kappa shape index (κ3) is 2.72. The van der Waals surface area contributed by atoms with E-state index in [1.165, 1.54) is 30.4 Å². The van der Waals surface area contributed by atoms with Crippen LogP contribution in [0.4, 0.5) is 0 Å². The van der Waals surface area contributed by atoms with Crippen molar-refractivity contribution in [3.8, 4) is 0 Å². The molecule has 1 saturated carbocycles. The molecule has 1 fully saturated rings. The van der Waals surface area contributed by atoms with E-state index in [2.05, 4.69) is 34.6 Å². The maximum absolute atomic E-state index is 6.42. The summed E-state index contributed by atoms with van der Waals surface area (Å²) in [5.74, 6) is 0.736. The summed E-state index contributed by atoms with van der Waals surface area (Å²) in [6.45, 7) is 2.04. The van der Waals surface area contributed by atoms with Gasteiger partial charge in [-0.05, 0) is 36.8 Å². The van der Waals surface area contributed by atoms with Crippen LogP contribution in [-0.4, -0.2) is 4.98 Å². The second-order valence-electron chi connectivity index (χ2n) is 5.43. The first kappa shape index (κ1) is 12.8. The Morgan fingerprint density at radius 1 is 1.37 bits per heavy atom. The van der Waals surface area contributed by atoms with Gasteiger partial charge in [0.15, 0.2) is 0 Å². The lowest BCUT2D eigenvalue weighted by Gasteiger charge is -2.29. The molecular formula is C16H20N2S. The van der Waals surface area contributed by atoms with Gasteiger partial charge in [-0.1, -0.05) is 30.7 Å². The summed E-state index contributed by atoms with van der Waals surface area (Å²) in [4.78, 5) is 4.52. The predicted octanol–water partition coefficient (Wildman–Crippen LogP) is 3.96. The molecule has 2 nitrogen and oxygen atoms in total. The number of aryl methyl sites for hydroxylation is 1. The minimum Gasteiger partial charge on any atom is -0.324 e. The summed E-state index contributed by atoms with van der Waals surface area (Å²) in [6.07, 6.45) is 4.84. The Kier molecular flexibility index (Phi) is 3.67. The normalized spacial score (nSPS) is 17.2. The van der Waals surface area contributed by atoms with E-state index in [4.69, 9.17) is 5.73 Å². The van der Waals surface area contributed by atoms with Gasteiger partial charge in [-0.15, -0.1) is 11.3 Å². The van der Waals surface area contributed by atoms with E-state index >= 15 is 0 Å². The Morgan fingerprint density at radius 3 is 2.79 bits per heavy atom. The van der Waals surface area contributed by atoms with Gasteiger partial charge < -0.3 is 5.73 Å². The number of aromatic nitrogens is 1. The molecule has 0 aliphatic heterocycles. The number of benzene rings is 1. The molecule has 3 heteroatoms. The molecule has 1 aliphatic carbocycles. The molecule has 1 aromatic carbocycles. The van der Waals surface area contributed by atoms with Gasteiger partial charge >= 0.3 is 0 Å². The molecule has 0 bridgehead atoms. The van der Waals surface area contributed by atoms with E-state index in [0.29, 0.717) is 0 Å². The maximum atomic E-state index is 6.42. The lowest BCUT2D eigenvalue weighted by Crippen LogP contribution is -2.19. The van der Waals surface area contributed by atoms with Crippen LogP contribution >= 0.6 is 11.3 Å². The van der Waals surface area contributed by atoms with Crippen LogP contribution in [0.2, 0.25) is 0 Å². The Hall–Kier alpha value is -1.19. The SMILES string of the molecule is Cc1nc(CC(N)c2ccccc2C2CCC2)cs1. The van der Waals surface area contributed by atoms with Crippen molar-refractivity contribution in [2.24, 2.45) is 5.73 Å². The van der Waals surface area contributed by atoms with E-state index in [-0.39, 0.29) is 6.04 Å². The molecule has 1 atom stereocenters. The monoisotopic (exact) mass is 272 g/mol. The highest BCUT2D eigenvalue weighted by atomic mass is 32.1. The Labute approximate surface area is 118 Å². The van der Waals surface area contributed by atoms with Crippen molar-refractivity contribution in [3.05, 3.63) is 51.5 Å². The number of nitrogens with zero attached hydrogens (tertiary/aromatic N) is 1. The van der Waals surface area contributed by atoms with Gasteiger partial charge in [0, 0.05) is 17.8 Å². The number of rotatable bonds is 4. The summed E-state index contributed by atoms with van der Waals surface area (Å²) in [5.41, 5.74) is 10.3. The van der Waals surface area contributed by atoms with Crippen LogP contribution in [0.5, 0.6) is 0 Å². The number of thiazole rings is 1. The van der Waals surface area contributed by atoms with E-state index in [1.54, 1.807) is 11.3 Å². The van der Waals surface area contributed by atoms with Crippen LogP contribution in [0.25, 0.3) is 0 Å². The van der Waals surface area contributed by atoms with Crippen molar-refractivity contribution in [2.75, 3.05) is 0 Å². The van der Waals surface area contributed by atoms with Crippen molar-refractivity contribution < 1.29 is 0 Å². The molecule has 1 aromatic heterocycles. The quantitative estimate of drug-likeness (QED) is 0.915. The average Bonchev–Trinajstić information content (AvgIpc) is 2.73. The first-order valence-electron chi connectivity index (χ1n) is 6.99. The molecule has 2 N–H and O–H groups in total. The summed E-state index contributed by atoms with van der Waals surface area (Å²) >= 11 is 1.70. The first-order valence-corrected chi connectivity index (χ1v) is 7.87. The second kappa shape index (κ2) is 5.43. The Morgan fingerprint density at radius 2 is 2.16 bits per heavy atom. The molecule has 0 amide bonds. The van der Waals surface area contributed by atoms with Crippen molar-refractivity contribution in [1.29, 1.82) is 0 Å². The summed E-state index contributed by atoms with van der Waals surface area (Å²) in [6, 6.07) is 8.75. The second-order valence-corrected chi connectivity index (χ2v) is 6.49. The number of hydrogen-bond donors (Lipinski definition) is 1. The zero-order chi connectivity index (χ0) is 13.2. The third-order valence-corrected chi connectivity index (χ3v) is 4.86. The summed E-state index contributed by atoms with van der Waals surface area (Å²) in [7, 11) is 0. The molecule has 1 unspecified atom stereocenters. The Balaban J connectivity index is 1.80. The highest BCUT2D eigenvalue weighted by Crippen LogP contribution is 2.39. The minimum absolute atomic E-state index is 0.0679. The highest BCUT2D eigenvalue weighted by molar-refractivity contribution is 7.09. The molecule has 1 heterocycles. The lowest BCUT2D eigenvalue weighted by molar-refractivity contribution is 0.415. The molecule has 2 aromatic rings. The molecule has 0 saturated heterocycles. The van der Waals surface area contributed by atoms with Crippen LogP contribution in [-0.2, 0) is 6.42 Å². The predicted molar refractivity (Wildman–Crippen MR) is 80.5 cm³/mol. The van der Waals surface area contributed by atoms with Crippen LogP contribution in [0.3, 0.4) is 0 Å². The van der Waals surface area contributed by atoms with E-state index in [9.17, 15) is 0 Å². The fourth-order valence-electron chi connectivity index (χ4n) is 2.78. The van der Waals surface area contributed by atoms with Gasteiger partial charge in [0.05, 0.1) is 10.7 Å². The van der Waals surface area contributed by atoms with Crippen molar-refractivity contribution in [1.82, 2.24) is 4.98 Å². The van der Waals surface area contributed by atoms with E-state index in [1.807, 2.05) is 6.92 Å². The van der Waals surface area contributed by atoms with Crippen LogP contribution in [0.1, 0.15) is 53.1 Å². The highest BCUT2D eigenvalue weighted by Gasteiger charge is 2.23. The van der Waals surface area contributed by atoms with E-state index < -0.39 is 0 Å². The van der Waals surface area contributed by atoms with Gasteiger partial charge in [0.1, 0.15) is 0 Å². The zero-order valence-corrected chi connectivity index (χ0v) is 12.1. The first-order chi connectivity index (χ1) is 9.24. The van der Waals surface area contributed by atoms with Gasteiger partial charge in [0.25, 0.3) is 0 Å². The molecule has 1 aliphatic rings. The van der Waals surface area contributed by atoms with Crippen molar-refractivity contribution in [2.45, 2.75) is 44.6 Å². The molecular weight excluding hydrogens is 252 g/mol. The number of nitrogens with two attached hydrogens (primary N) is 1. The zero-order valence-electron chi connectivity index (χ0n) is 11.3. The number of hydrogen-bond acceptors (Lipinski definition) is 3. The van der Waals surface area contributed by atoms with Crippen LogP contribution in [0, 0.1) is 6.92 Å². The van der Waals surface area contributed by atoms with Crippen molar-refractivity contribution in [3.63, 3.8) is 0 Å². The fourth-order valence-corrected chi connectivity index (χ4v) is 3.40. The van der Waals surface area contributed by atoms with Crippen LogP contribution in [0.15, 0.2) is 29.6 Å². The molecule has 19 heavy (non-hydrogen) atoms. The van der Waals surface area contributed by atoms with Crippen LogP contribution < -0.4 is 5.73 Å². The van der Waals surface area contributed by atoms with Crippen molar-refractivity contribution >= 4 is 11.3 Å². The standard InChI is InChI=1S/C16H20N2S/c1-11-18-13(10-19-11)9-16(17)15-8-3-2-7-14(15)12-5-4-6-12/h2-3,7-8,10,12,16H,4-6,9,17H2,1H3. The van der Waals surface area contributed by atoms with Gasteiger partial charge in [-0.2, -0.15) is 0 Å². The third-order valence-electron chi connectivity index (χ3n) is 4.04. The maximum Gasteiger partial charge on any atom is 0.0897 e. The lowest BCUT2D eigenvalue weighted by atomic mass is 9.77. The molecule has 100 valence electrons. The minimum atomic E-state index is 0.0679. The topological polar surface area (TPSA) is 38.9 Å². The molecule has 0 radical (unpaired) electrons. The average molecular weight is 272 g/mol. The molecule has 3 rings (SSSR count). The smallest absolute Gasteiger partial charge is 0.0897 e. The van der Waals surface area contributed by atoms with Gasteiger partial charge in [-0.25, -0.2) is 4.98 Å². The molecule has 0 spiro atoms. The summed E-state index contributed by atoms with van der Waals surface area (Å²) < 4.78 is 0. The fraction of sp³-hybridized carbons (Fsp3) is 0.438. The van der Waals surface area contributed by atoms with Gasteiger partial charge in [0.2, 0.25) is 0 Å². The largest absolute Gasteiger partial charge is 0.324 e. The summed E-state index contributed by atoms with van der Waals surface area (Å²) in [5, 5.41) is 3.25. The van der Waals surface area contributed by atoms with E-state index in [0.717, 1.165) is 23.0 Å². The Bertz CT molecular complexity index is 557. The van der Waals surface area contributed by atoms with Gasteiger partial charge in [-0.3, -0.25) is 0 Å².